The third-order valence-corrected chi connectivity index (χ3v) is 4.13. The van der Waals surface area contributed by atoms with Crippen molar-refractivity contribution in [2.45, 2.75) is 18.8 Å². The van der Waals surface area contributed by atoms with E-state index < -0.39 is 35.8 Å². The van der Waals surface area contributed by atoms with E-state index in [2.05, 4.69) is 15.3 Å². The predicted octanol–water partition coefficient (Wildman–Crippen LogP) is 3.00. The van der Waals surface area contributed by atoms with E-state index in [1.807, 2.05) is 0 Å². The number of alkyl halides is 4. The standard InChI is InChI=1S/C16H9F4N3O2/c17-11-4-9(11)14(25)22-6-1-2-7-8(3-6)13(24)12-10(7)5-21-15(23-12)16(18,19)20/h1-3,5,9,11H,4H2,(H,22,25)/t9-,11-/m0/s1. The van der Waals surface area contributed by atoms with Gasteiger partial charge in [0.2, 0.25) is 17.5 Å². The van der Waals surface area contributed by atoms with Crippen molar-refractivity contribution in [3.8, 4) is 11.1 Å². The minimum absolute atomic E-state index is 0.119. The molecule has 1 saturated carbocycles. The minimum Gasteiger partial charge on any atom is -0.326 e. The number of hydrogen-bond donors (Lipinski definition) is 1. The number of carbonyl (C=O) groups excluding carboxylic acids is 2. The molecule has 1 N–H and O–H groups in total. The number of rotatable bonds is 2. The minimum atomic E-state index is -4.75. The first kappa shape index (κ1) is 15.7. The maximum Gasteiger partial charge on any atom is 0.451 e. The van der Waals surface area contributed by atoms with Gasteiger partial charge in [0, 0.05) is 23.0 Å². The van der Waals surface area contributed by atoms with Gasteiger partial charge >= 0.3 is 6.18 Å². The topological polar surface area (TPSA) is 72.0 Å². The van der Waals surface area contributed by atoms with E-state index >= 15 is 0 Å². The summed E-state index contributed by atoms with van der Waals surface area (Å²) in [5.74, 6) is -3.25. The Balaban J connectivity index is 1.67. The van der Waals surface area contributed by atoms with Crippen LogP contribution in [0.25, 0.3) is 11.1 Å². The Bertz CT molecular complexity index is 926. The lowest BCUT2D eigenvalue weighted by molar-refractivity contribution is -0.145. The van der Waals surface area contributed by atoms with Gasteiger partial charge in [-0.3, -0.25) is 9.59 Å². The van der Waals surface area contributed by atoms with Crippen LogP contribution in [0, 0.1) is 5.92 Å². The van der Waals surface area contributed by atoms with E-state index in [-0.39, 0.29) is 28.9 Å². The van der Waals surface area contributed by atoms with Crippen molar-refractivity contribution in [2.24, 2.45) is 5.92 Å². The van der Waals surface area contributed by atoms with E-state index in [9.17, 15) is 27.2 Å². The molecule has 0 spiro atoms. The van der Waals surface area contributed by atoms with Gasteiger partial charge in [-0.25, -0.2) is 14.4 Å². The monoisotopic (exact) mass is 351 g/mol. The largest absolute Gasteiger partial charge is 0.451 e. The number of fused-ring (bicyclic) bond motifs is 3. The van der Waals surface area contributed by atoms with Gasteiger partial charge in [-0.05, 0) is 24.1 Å². The maximum atomic E-state index is 12.9. The average Bonchev–Trinajstić information content (AvgIpc) is 3.23. The van der Waals surface area contributed by atoms with E-state index in [0.29, 0.717) is 5.56 Å². The maximum absolute atomic E-state index is 12.9. The number of amides is 1. The van der Waals surface area contributed by atoms with E-state index in [0.717, 1.165) is 6.20 Å². The third kappa shape index (κ3) is 2.55. The van der Waals surface area contributed by atoms with Crippen LogP contribution in [0.4, 0.5) is 23.2 Å². The lowest BCUT2D eigenvalue weighted by Crippen LogP contribution is -2.15. The Morgan fingerprint density at radius 2 is 1.92 bits per heavy atom. The van der Waals surface area contributed by atoms with Gasteiger partial charge in [-0.1, -0.05) is 6.07 Å². The summed E-state index contributed by atoms with van der Waals surface area (Å²) >= 11 is 0. The molecular formula is C16H9F4N3O2. The number of carbonyl (C=O) groups is 2. The van der Waals surface area contributed by atoms with Crippen LogP contribution in [-0.2, 0) is 11.0 Å². The van der Waals surface area contributed by atoms with Crippen LogP contribution in [0.1, 0.15) is 28.3 Å². The van der Waals surface area contributed by atoms with Crippen molar-refractivity contribution in [2.75, 3.05) is 5.32 Å². The molecule has 2 atom stereocenters. The molecule has 4 rings (SSSR count). The summed E-state index contributed by atoms with van der Waals surface area (Å²) in [5.41, 5.74) is 0.659. The summed E-state index contributed by atoms with van der Waals surface area (Å²) in [6.45, 7) is 0. The van der Waals surface area contributed by atoms with Gasteiger partial charge in [0.25, 0.3) is 0 Å². The highest BCUT2D eigenvalue weighted by Crippen LogP contribution is 2.39. The number of benzene rings is 1. The Labute approximate surface area is 138 Å². The number of anilines is 1. The van der Waals surface area contributed by atoms with Gasteiger partial charge in [0.15, 0.2) is 0 Å². The highest BCUT2D eigenvalue weighted by atomic mass is 19.4. The predicted molar refractivity (Wildman–Crippen MR) is 77.5 cm³/mol. The first-order chi connectivity index (χ1) is 11.8. The van der Waals surface area contributed by atoms with Gasteiger partial charge in [0.05, 0.1) is 5.92 Å². The highest BCUT2D eigenvalue weighted by Gasteiger charge is 2.44. The average molecular weight is 351 g/mol. The Hall–Kier alpha value is -2.84. The summed E-state index contributed by atoms with van der Waals surface area (Å²) < 4.78 is 51.1. The molecule has 2 aliphatic carbocycles. The molecule has 1 aromatic carbocycles. The Kier molecular flexibility index (Phi) is 3.18. The van der Waals surface area contributed by atoms with Crippen LogP contribution in [-0.4, -0.2) is 27.8 Å². The Morgan fingerprint density at radius 3 is 2.56 bits per heavy atom. The number of ketones is 1. The zero-order chi connectivity index (χ0) is 17.9. The van der Waals surface area contributed by atoms with E-state index in [1.165, 1.54) is 18.2 Å². The molecule has 0 saturated heterocycles. The van der Waals surface area contributed by atoms with Crippen molar-refractivity contribution < 1.29 is 27.2 Å². The van der Waals surface area contributed by atoms with Crippen LogP contribution < -0.4 is 5.32 Å². The summed E-state index contributed by atoms with van der Waals surface area (Å²) in [7, 11) is 0. The lowest BCUT2D eigenvalue weighted by atomic mass is 10.1. The van der Waals surface area contributed by atoms with Crippen LogP contribution in [0.3, 0.4) is 0 Å². The number of aromatic nitrogens is 2. The third-order valence-electron chi connectivity index (χ3n) is 4.13. The molecular weight excluding hydrogens is 342 g/mol. The molecule has 0 radical (unpaired) electrons. The summed E-state index contributed by atoms with van der Waals surface area (Å²) in [5, 5.41) is 2.50. The van der Waals surface area contributed by atoms with Crippen molar-refractivity contribution in [1.82, 2.24) is 9.97 Å². The van der Waals surface area contributed by atoms with E-state index in [1.54, 1.807) is 0 Å². The van der Waals surface area contributed by atoms with Crippen LogP contribution in [0.5, 0.6) is 0 Å². The number of nitrogens with zero attached hydrogens (tertiary/aromatic N) is 2. The molecule has 0 unspecified atom stereocenters. The zero-order valence-corrected chi connectivity index (χ0v) is 12.4. The van der Waals surface area contributed by atoms with Gasteiger partial charge in [-0.2, -0.15) is 13.2 Å². The molecule has 2 aromatic rings. The molecule has 1 fully saturated rings. The molecule has 128 valence electrons. The number of halogens is 4. The lowest BCUT2D eigenvalue weighted by Gasteiger charge is -2.06. The molecule has 1 heterocycles. The van der Waals surface area contributed by atoms with Gasteiger partial charge in [-0.15, -0.1) is 0 Å². The van der Waals surface area contributed by atoms with E-state index in [4.69, 9.17) is 0 Å². The van der Waals surface area contributed by atoms with Gasteiger partial charge < -0.3 is 5.32 Å². The van der Waals surface area contributed by atoms with Crippen molar-refractivity contribution >= 4 is 17.4 Å². The fourth-order valence-corrected chi connectivity index (χ4v) is 2.73. The molecule has 0 bridgehead atoms. The quantitative estimate of drug-likeness (QED) is 0.721. The number of nitrogens with one attached hydrogen (secondary N) is 1. The first-order valence-corrected chi connectivity index (χ1v) is 7.34. The zero-order valence-electron chi connectivity index (χ0n) is 12.4. The second-order valence-corrected chi connectivity index (χ2v) is 5.89. The van der Waals surface area contributed by atoms with Crippen LogP contribution >= 0.6 is 0 Å². The van der Waals surface area contributed by atoms with Crippen LogP contribution in [0.15, 0.2) is 24.4 Å². The molecule has 5 nitrogen and oxygen atoms in total. The summed E-state index contributed by atoms with van der Waals surface area (Å²) in [4.78, 5) is 30.7. The fraction of sp³-hybridized carbons (Fsp3) is 0.250. The molecule has 1 amide bonds. The first-order valence-electron chi connectivity index (χ1n) is 7.34. The van der Waals surface area contributed by atoms with Crippen molar-refractivity contribution in [3.63, 3.8) is 0 Å². The van der Waals surface area contributed by atoms with Crippen LogP contribution in [0.2, 0.25) is 0 Å². The molecule has 1 aromatic heterocycles. The molecule has 0 aliphatic heterocycles. The second kappa shape index (κ2) is 5.08. The molecule has 2 aliphatic rings. The van der Waals surface area contributed by atoms with Crippen molar-refractivity contribution in [3.05, 3.63) is 41.5 Å². The smallest absolute Gasteiger partial charge is 0.326 e. The van der Waals surface area contributed by atoms with Gasteiger partial charge in [0.1, 0.15) is 11.9 Å². The van der Waals surface area contributed by atoms with Crippen molar-refractivity contribution in [1.29, 1.82) is 0 Å². The molecule has 25 heavy (non-hydrogen) atoms. The number of hydrogen-bond acceptors (Lipinski definition) is 4. The molecule has 9 heteroatoms. The normalized spacial score (nSPS) is 20.9. The Morgan fingerprint density at radius 1 is 1.20 bits per heavy atom. The fourth-order valence-electron chi connectivity index (χ4n) is 2.73. The highest BCUT2D eigenvalue weighted by molar-refractivity contribution is 6.21. The summed E-state index contributed by atoms with van der Waals surface area (Å²) in [6, 6.07) is 4.33. The second-order valence-electron chi connectivity index (χ2n) is 5.89. The SMILES string of the molecule is O=C1c2cc(NC(=O)[C@H]3C[C@@H]3F)ccc2-c2cnc(C(F)(F)F)nc21. The summed E-state index contributed by atoms with van der Waals surface area (Å²) in [6.07, 6.45) is -4.78.